The summed E-state index contributed by atoms with van der Waals surface area (Å²) in [6.45, 7) is 7.85. The van der Waals surface area contributed by atoms with Crippen LogP contribution in [0.5, 0.6) is 11.5 Å². The van der Waals surface area contributed by atoms with Crippen LogP contribution in [-0.4, -0.2) is 34.1 Å². The van der Waals surface area contributed by atoms with Crippen LogP contribution in [0.4, 0.5) is 11.4 Å². The fourth-order valence-corrected chi connectivity index (χ4v) is 2.56. The number of amides is 2. The van der Waals surface area contributed by atoms with E-state index in [4.69, 9.17) is 23.1 Å². The van der Waals surface area contributed by atoms with E-state index in [0.29, 0.717) is 10.7 Å². The van der Waals surface area contributed by atoms with Gasteiger partial charge < -0.3 is 32.3 Å². The second kappa shape index (κ2) is 10.4. The Kier molecular flexibility index (Phi) is 8.59. The van der Waals surface area contributed by atoms with E-state index >= 15 is 0 Å². The smallest absolute Gasteiger partial charge is 0.252 e. The minimum atomic E-state index is -0.703. The van der Waals surface area contributed by atoms with Gasteiger partial charge in [-0.1, -0.05) is 11.6 Å². The average Bonchev–Trinajstić information content (AvgIpc) is 2.57. The number of nitrogens with one attached hydrogen (secondary N) is 2. The lowest BCUT2D eigenvalue weighted by atomic mass is 10.1. The lowest BCUT2D eigenvalue weighted by Crippen LogP contribution is -2.13. The van der Waals surface area contributed by atoms with Gasteiger partial charge in [-0.3, -0.25) is 9.59 Å². The molecule has 2 aromatic rings. The molecule has 8 nitrogen and oxygen atoms in total. The van der Waals surface area contributed by atoms with E-state index in [-0.39, 0.29) is 34.7 Å². The number of halogens is 1. The highest BCUT2D eigenvalue weighted by Crippen LogP contribution is 2.30. The molecule has 0 aliphatic rings. The van der Waals surface area contributed by atoms with Gasteiger partial charge in [0.15, 0.2) is 0 Å². The van der Waals surface area contributed by atoms with Gasteiger partial charge in [-0.25, -0.2) is 0 Å². The van der Waals surface area contributed by atoms with Crippen LogP contribution < -0.4 is 22.1 Å². The summed E-state index contributed by atoms with van der Waals surface area (Å²) in [5.74, 6) is -1.60. The van der Waals surface area contributed by atoms with Gasteiger partial charge >= 0.3 is 0 Å². The molecule has 2 rings (SSSR count). The highest BCUT2D eigenvalue weighted by molar-refractivity contribution is 6.33. The molecule has 0 aromatic heterocycles. The van der Waals surface area contributed by atoms with Gasteiger partial charge in [-0.05, 0) is 45.9 Å². The van der Waals surface area contributed by atoms with Gasteiger partial charge in [0.05, 0.1) is 21.8 Å². The fraction of sp³-hybridized carbons (Fsp3) is 0.300. The molecule has 2 amide bonds. The second-order valence-electron chi connectivity index (χ2n) is 6.91. The van der Waals surface area contributed by atoms with Crippen LogP contribution in [0.3, 0.4) is 0 Å². The lowest BCUT2D eigenvalue weighted by Gasteiger charge is -2.13. The van der Waals surface area contributed by atoms with E-state index in [0.717, 1.165) is 5.69 Å². The Labute approximate surface area is 174 Å². The molecule has 2 aromatic carbocycles. The molecule has 9 heteroatoms. The van der Waals surface area contributed by atoms with Crippen molar-refractivity contribution in [3.8, 4) is 11.5 Å². The topological polar surface area (TPSA) is 151 Å². The Balaban J connectivity index is 0.000000291. The van der Waals surface area contributed by atoms with E-state index in [1.165, 1.54) is 24.3 Å². The second-order valence-corrected chi connectivity index (χ2v) is 7.31. The normalized spacial score (nSPS) is 10.3. The van der Waals surface area contributed by atoms with Crippen molar-refractivity contribution < 1.29 is 19.8 Å². The van der Waals surface area contributed by atoms with Crippen LogP contribution in [0.1, 0.15) is 48.4 Å². The van der Waals surface area contributed by atoms with Gasteiger partial charge in [-0.2, -0.15) is 0 Å². The molecule has 0 bridgehead atoms. The number of benzene rings is 2. The summed E-state index contributed by atoms with van der Waals surface area (Å²) < 4.78 is 0. The van der Waals surface area contributed by atoms with Crippen molar-refractivity contribution in [1.29, 1.82) is 0 Å². The Morgan fingerprint density at radius 3 is 1.83 bits per heavy atom. The third-order valence-electron chi connectivity index (χ3n) is 3.51. The van der Waals surface area contributed by atoms with Crippen molar-refractivity contribution in [2.24, 2.45) is 11.5 Å². The lowest BCUT2D eigenvalue weighted by molar-refractivity contribution is 0.0989. The van der Waals surface area contributed by atoms with Crippen LogP contribution >= 0.6 is 11.6 Å². The predicted octanol–water partition coefficient (Wildman–Crippen LogP) is 3.28. The largest absolute Gasteiger partial charge is 0.507 e. The Bertz CT molecular complexity index is 885. The van der Waals surface area contributed by atoms with Crippen LogP contribution in [0, 0.1) is 0 Å². The zero-order valence-corrected chi connectivity index (χ0v) is 17.5. The van der Waals surface area contributed by atoms with Gasteiger partial charge in [0.1, 0.15) is 11.5 Å². The van der Waals surface area contributed by atoms with Crippen LogP contribution in [-0.2, 0) is 0 Å². The minimum Gasteiger partial charge on any atom is -0.507 e. The summed E-state index contributed by atoms with van der Waals surface area (Å²) in [4.78, 5) is 21.7. The maximum atomic E-state index is 10.9. The number of anilines is 2. The van der Waals surface area contributed by atoms with E-state index in [1.54, 1.807) is 6.07 Å². The summed E-state index contributed by atoms with van der Waals surface area (Å²) in [7, 11) is 0. The average molecular weight is 423 g/mol. The van der Waals surface area contributed by atoms with Crippen molar-refractivity contribution in [3.63, 3.8) is 0 Å². The monoisotopic (exact) mass is 422 g/mol. The molecular formula is C20H27ClN4O4. The summed E-state index contributed by atoms with van der Waals surface area (Å²) in [5, 5.41) is 25.4. The molecule has 0 saturated heterocycles. The SMILES string of the molecule is CC(C)Nc1cc(O)c(C(N)=O)cc1Cl.CC(C)Nc1ccc(C(N)=O)c(O)c1. The Morgan fingerprint density at radius 2 is 1.38 bits per heavy atom. The van der Waals surface area contributed by atoms with Gasteiger partial charge in [0.2, 0.25) is 0 Å². The third-order valence-corrected chi connectivity index (χ3v) is 3.83. The Hall–Kier alpha value is -3.13. The zero-order valence-electron chi connectivity index (χ0n) is 16.8. The fourth-order valence-electron chi connectivity index (χ4n) is 2.34. The maximum Gasteiger partial charge on any atom is 0.252 e. The molecule has 158 valence electrons. The number of carbonyl (C=O) groups excluding carboxylic acids is 2. The summed E-state index contributed by atoms with van der Waals surface area (Å²) in [6, 6.07) is 7.89. The van der Waals surface area contributed by atoms with Gasteiger partial charge in [0, 0.05) is 29.9 Å². The van der Waals surface area contributed by atoms with Crippen LogP contribution in [0.25, 0.3) is 0 Å². The van der Waals surface area contributed by atoms with Gasteiger partial charge in [0.25, 0.3) is 11.8 Å². The molecule has 0 aliphatic carbocycles. The molecule has 29 heavy (non-hydrogen) atoms. The van der Waals surface area contributed by atoms with E-state index in [1.807, 2.05) is 27.7 Å². The predicted molar refractivity (Wildman–Crippen MR) is 116 cm³/mol. The number of phenols is 2. The number of rotatable bonds is 6. The summed E-state index contributed by atoms with van der Waals surface area (Å²) in [5.41, 5.74) is 11.6. The number of nitrogens with two attached hydrogens (primary N) is 2. The number of carbonyl (C=O) groups is 2. The molecule has 0 spiro atoms. The van der Waals surface area contributed by atoms with Crippen LogP contribution in [0.2, 0.25) is 5.02 Å². The van der Waals surface area contributed by atoms with Gasteiger partial charge in [-0.15, -0.1) is 0 Å². The molecule has 0 atom stereocenters. The van der Waals surface area contributed by atoms with E-state index in [2.05, 4.69) is 10.6 Å². The standard InChI is InChI=1S/C10H13ClN2O2.C10H14N2O2/c1-5(2)13-8-4-9(14)6(10(12)15)3-7(8)11;1-6(2)12-7-3-4-8(10(11)14)9(13)5-7/h3-5,13-14H,1-2H3,(H2,12,15);3-6,12-13H,1-2H3,(H2,11,14). The Morgan fingerprint density at radius 1 is 0.862 bits per heavy atom. The quantitative estimate of drug-likeness (QED) is 0.420. The van der Waals surface area contributed by atoms with Crippen LogP contribution in [0.15, 0.2) is 30.3 Å². The zero-order chi connectivity index (χ0) is 22.3. The number of hydrogen-bond donors (Lipinski definition) is 6. The summed E-state index contributed by atoms with van der Waals surface area (Å²) in [6.07, 6.45) is 0. The van der Waals surface area contributed by atoms with E-state index in [9.17, 15) is 19.8 Å². The molecule has 0 aliphatic heterocycles. The number of hydrogen-bond acceptors (Lipinski definition) is 6. The van der Waals surface area contributed by atoms with Crippen molar-refractivity contribution in [2.45, 2.75) is 39.8 Å². The highest BCUT2D eigenvalue weighted by atomic mass is 35.5. The first-order valence-electron chi connectivity index (χ1n) is 8.90. The molecule has 0 saturated carbocycles. The van der Waals surface area contributed by atoms with Crippen molar-refractivity contribution in [1.82, 2.24) is 0 Å². The maximum absolute atomic E-state index is 10.9. The highest BCUT2D eigenvalue weighted by Gasteiger charge is 2.12. The van der Waals surface area contributed by atoms with Crippen molar-refractivity contribution in [3.05, 3.63) is 46.5 Å². The molecule has 0 heterocycles. The minimum absolute atomic E-state index is 0.0225. The molecule has 0 fully saturated rings. The van der Waals surface area contributed by atoms with Crippen molar-refractivity contribution in [2.75, 3.05) is 10.6 Å². The summed E-state index contributed by atoms with van der Waals surface area (Å²) >= 11 is 5.91. The van der Waals surface area contributed by atoms with Crippen molar-refractivity contribution >= 4 is 34.8 Å². The first kappa shape index (κ1) is 23.9. The molecule has 0 unspecified atom stereocenters. The first-order valence-corrected chi connectivity index (χ1v) is 9.28. The third kappa shape index (κ3) is 7.42. The number of primary amides is 2. The molecule has 0 radical (unpaired) electrons. The number of aromatic hydroxyl groups is 2. The molecule has 8 N–H and O–H groups in total. The first-order chi connectivity index (χ1) is 13.4. The molecular weight excluding hydrogens is 396 g/mol. The van der Waals surface area contributed by atoms with E-state index < -0.39 is 11.8 Å².